The number of benzene rings is 1. The first kappa shape index (κ1) is 19.8. The molecule has 0 radical (unpaired) electrons. The molecule has 4 nitrogen and oxygen atoms in total. The summed E-state index contributed by atoms with van der Waals surface area (Å²) < 4.78 is 0. The van der Waals surface area contributed by atoms with Crippen molar-refractivity contribution >= 4 is 11.6 Å². The van der Waals surface area contributed by atoms with E-state index in [2.05, 4.69) is 40.5 Å². The predicted molar refractivity (Wildman–Crippen MR) is 119 cm³/mol. The maximum atomic E-state index is 5.96. The summed E-state index contributed by atoms with van der Waals surface area (Å²) in [6, 6.07) is 11.3. The number of guanidine groups is 1. The topological polar surface area (TPSA) is 53.6 Å². The number of para-hydroxylation sites is 1. The highest BCUT2D eigenvalue weighted by atomic mass is 15.3. The van der Waals surface area contributed by atoms with Gasteiger partial charge < -0.3 is 16.0 Å². The third-order valence-corrected chi connectivity index (χ3v) is 7.27. The largest absolute Gasteiger partial charge is 0.339 e. The number of rotatable bonds is 4. The molecule has 4 heteroatoms. The molecule has 1 aliphatic heterocycles. The number of likely N-dealkylation sites (tertiary alicyclic amines) is 1. The van der Waals surface area contributed by atoms with Gasteiger partial charge >= 0.3 is 0 Å². The number of anilines is 1. The molecule has 1 saturated heterocycles. The van der Waals surface area contributed by atoms with E-state index in [0.29, 0.717) is 17.9 Å². The van der Waals surface area contributed by atoms with Gasteiger partial charge in [-0.1, -0.05) is 37.5 Å². The van der Waals surface area contributed by atoms with Crippen LogP contribution < -0.4 is 11.1 Å². The van der Waals surface area contributed by atoms with Crippen molar-refractivity contribution < 1.29 is 0 Å². The van der Waals surface area contributed by atoms with Gasteiger partial charge in [-0.05, 0) is 81.4 Å². The highest BCUT2D eigenvalue weighted by molar-refractivity contribution is 5.94. The number of hydrogen-bond donors (Lipinski definition) is 2. The van der Waals surface area contributed by atoms with Crippen LogP contribution in [0.3, 0.4) is 0 Å². The summed E-state index contributed by atoms with van der Waals surface area (Å²) in [5, 5.41) is 3.70. The summed E-state index contributed by atoms with van der Waals surface area (Å²) in [5.74, 6) is 3.39. The number of aliphatic imine (C=N–C) groups is 1. The van der Waals surface area contributed by atoms with E-state index in [0.717, 1.165) is 37.2 Å². The molecule has 154 valence electrons. The van der Waals surface area contributed by atoms with Crippen LogP contribution in [0.1, 0.15) is 64.2 Å². The fourth-order valence-corrected chi connectivity index (χ4v) is 5.74. The van der Waals surface area contributed by atoms with Gasteiger partial charge in [0, 0.05) is 24.8 Å². The molecule has 4 unspecified atom stereocenters. The normalized spacial score (nSPS) is 31.3. The van der Waals surface area contributed by atoms with Crippen molar-refractivity contribution in [1.29, 1.82) is 0 Å². The first-order valence-electron chi connectivity index (χ1n) is 11.7. The second-order valence-corrected chi connectivity index (χ2v) is 9.24. The Balaban J connectivity index is 1.51. The van der Waals surface area contributed by atoms with Crippen molar-refractivity contribution in [2.45, 2.75) is 70.3 Å². The van der Waals surface area contributed by atoms with E-state index >= 15 is 0 Å². The molecule has 2 saturated carbocycles. The smallest absolute Gasteiger partial charge is 0.198 e. The molecule has 1 heterocycles. The number of nitrogens with one attached hydrogen (secondary N) is 1. The number of piperidine rings is 1. The average Bonchev–Trinajstić information content (AvgIpc) is 2.77. The Morgan fingerprint density at radius 3 is 2.61 bits per heavy atom. The molecular formula is C24H38N4. The zero-order valence-electron chi connectivity index (χ0n) is 17.4. The summed E-state index contributed by atoms with van der Waals surface area (Å²) in [6.45, 7) is 2.93. The molecule has 4 atom stereocenters. The first-order chi connectivity index (χ1) is 13.8. The minimum Gasteiger partial charge on any atom is -0.339 e. The molecule has 3 aliphatic rings. The van der Waals surface area contributed by atoms with Gasteiger partial charge in [0.2, 0.25) is 0 Å². The molecule has 28 heavy (non-hydrogen) atoms. The van der Waals surface area contributed by atoms with Crippen LogP contribution in [-0.4, -0.2) is 36.5 Å². The molecule has 0 aromatic heterocycles. The zero-order valence-corrected chi connectivity index (χ0v) is 17.4. The summed E-state index contributed by atoms with van der Waals surface area (Å²) in [4.78, 5) is 7.85. The predicted octanol–water partition coefficient (Wildman–Crippen LogP) is 4.87. The van der Waals surface area contributed by atoms with E-state index in [1.165, 1.54) is 64.2 Å². The lowest BCUT2D eigenvalue weighted by atomic mass is 9.78. The van der Waals surface area contributed by atoms with Crippen molar-refractivity contribution in [3.05, 3.63) is 30.3 Å². The third kappa shape index (κ3) is 4.89. The Labute approximate surface area is 171 Å². The molecule has 0 spiro atoms. The summed E-state index contributed by atoms with van der Waals surface area (Å²) in [6.07, 6.45) is 13.4. The van der Waals surface area contributed by atoms with E-state index in [9.17, 15) is 0 Å². The lowest BCUT2D eigenvalue weighted by Crippen LogP contribution is -2.52. The van der Waals surface area contributed by atoms with Gasteiger partial charge in [0.1, 0.15) is 0 Å². The van der Waals surface area contributed by atoms with Gasteiger partial charge in [-0.3, -0.25) is 4.99 Å². The number of fused-ring (bicyclic) bond motifs is 1. The van der Waals surface area contributed by atoms with Crippen LogP contribution in [0.4, 0.5) is 5.69 Å². The molecular weight excluding hydrogens is 344 g/mol. The number of nitrogens with zero attached hydrogens (tertiary/aromatic N) is 2. The second kappa shape index (κ2) is 9.78. The SMILES string of the molecule is NCC1CCCC(CN=C(Nc2ccccc2)N2CCCC3CCCCC32)C1. The molecule has 0 bridgehead atoms. The Hall–Kier alpha value is -1.55. The first-order valence-corrected chi connectivity index (χ1v) is 11.7. The second-order valence-electron chi connectivity index (χ2n) is 9.24. The minimum absolute atomic E-state index is 0.681. The van der Waals surface area contributed by atoms with Crippen LogP contribution in [0.5, 0.6) is 0 Å². The quantitative estimate of drug-likeness (QED) is 0.577. The lowest BCUT2D eigenvalue weighted by Gasteiger charge is -2.45. The van der Waals surface area contributed by atoms with Gasteiger partial charge in [0.25, 0.3) is 0 Å². The van der Waals surface area contributed by atoms with Crippen molar-refractivity contribution in [2.75, 3.05) is 25.0 Å². The Morgan fingerprint density at radius 2 is 1.75 bits per heavy atom. The average molecular weight is 383 g/mol. The maximum absolute atomic E-state index is 5.96. The van der Waals surface area contributed by atoms with E-state index in [1.54, 1.807) is 0 Å². The van der Waals surface area contributed by atoms with Crippen LogP contribution in [-0.2, 0) is 0 Å². The van der Waals surface area contributed by atoms with Crippen LogP contribution in [0.15, 0.2) is 35.3 Å². The fraction of sp³-hybridized carbons (Fsp3) is 0.708. The van der Waals surface area contributed by atoms with Gasteiger partial charge in [-0.2, -0.15) is 0 Å². The monoisotopic (exact) mass is 382 g/mol. The van der Waals surface area contributed by atoms with Gasteiger partial charge in [0.05, 0.1) is 0 Å². The van der Waals surface area contributed by atoms with Crippen molar-refractivity contribution in [3.63, 3.8) is 0 Å². The van der Waals surface area contributed by atoms with Crippen LogP contribution in [0.25, 0.3) is 0 Å². The molecule has 3 fully saturated rings. The molecule has 0 amide bonds. The fourth-order valence-electron chi connectivity index (χ4n) is 5.74. The van der Waals surface area contributed by atoms with Gasteiger partial charge in [0.15, 0.2) is 5.96 Å². The Bertz CT molecular complexity index is 627. The van der Waals surface area contributed by atoms with Crippen molar-refractivity contribution in [2.24, 2.45) is 28.5 Å². The highest BCUT2D eigenvalue weighted by Gasteiger charge is 2.35. The molecule has 1 aromatic carbocycles. The number of hydrogen-bond acceptors (Lipinski definition) is 2. The Morgan fingerprint density at radius 1 is 0.964 bits per heavy atom. The number of nitrogens with two attached hydrogens (primary N) is 1. The maximum Gasteiger partial charge on any atom is 0.198 e. The lowest BCUT2D eigenvalue weighted by molar-refractivity contribution is 0.119. The highest BCUT2D eigenvalue weighted by Crippen LogP contribution is 2.36. The van der Waals surface area contributed by atoms with Crippen LogP contribution in [0, 0.1) is 17.8 Å². The molecule has 1 aromatic rings. The molecule has 3 N–H and O–H groups in total. The summed E-state index contributed by atoms with van der Waals surface area (Å²) in [7, 11) is 0. The summed E-state index contributed by atoms with van der Waals surface area (Å²) >= 11 is 0. The molecule has 4 rings (SSSR count). The standard InChI is InChI=1S/C24H38N4/c25-17-19-8-6-9-20(16-19)18-26-24(27-22-12-2-1-3-13-22)28-15-7-11-21-10-4-5-14-23(21)28/h1-3,12-13,19-21,23H,4-11,14-18,25H2,(H,26,27). The third-order valence-electron chi connectivity index (χ3n) is 7.27. The van der Waals surface area contributed by atoms with Gasteiger partial charge in [-0.25, -0.2) is 0 Å². The van der Waals surface area contributed by atoms with Crippen LogP contribution in [0.2, 0.25) is 0 Å². The van der Waals surface area contributed by atoms with Crippen molar-refractivity contribution in [1.82, 2.24) is 4.90 Å². The van der Waals surface area contributed by atoms with E-state index in [1.807, 2.05) is 0 Å². The van der Waals surface area contributed by atoms with E-state index in [4.69, 9.17) is 10.7 Å². The van der Waals surface area contributed by atoms with Crippen molar-refractivity contribution in [3.8, 4) is 0 Å². The zero-order chi connectivity index (χ0) is 19.2. The molecule has 2 aliphatic carbocycles. The van der Waals surface area contributed by atoms with Crippen LogP contribution >= 0.6 is 0 Å². The van der Waals surface area contributed by atoms with E-state index < -0.39 is 0 Å². The summed E-state index contributed by atoms with van der Waals surface area (Å²) in [5.41, 5.74) is 7.11. The minimum atomic E-state index is 0.681. The van der Waals surface area contributed by atoms with E-state index in [-0.39, 0.29) is 0 Å². The Kier molecular flexibility index (Phi) is 6.90. The van der Waals surface area contributed by atoms with Gasteiger partial charge in [-0.15, -0.1) is 0 Å².